The summed E-state index contributed by atoms with van der Waals surface area (Å²) >= 11 is 1.03. The smallest absolute Gasteiger partial charge is 0.341 e. The Hall–Kier alpha value is -2.20. The Morgan fingerprint density at radius 2 is 1.88 bits per heavy atom. The van der Waals surface area contributed by atoms with Gasteiger partial charge in [-0.3, -0.25) is 4.79 Å². The highest BCUT2D eigenvalue weighted by Crippen LogP contribution is 2.20. The van der Waals surface area contributed by atoms with E-state index in [1.165, 1.54) is 18.3 Å². The summed E-state index contributed by atoms with van der Waals surface area (Å²) in [5.74, 6) is -3.96. The molecule has 1 aromatic carbocycles. The van der Waals surface area contributed by atoms with Gasteiger partial charge in [0.2, 0.25) is 15.7 Å². The van der Waals surface area contributed by atoms with Crippen molar-refractivity contribution in [2.75, 3.05) is 11.1 Å². The van der Waals surface area contributed by atoms with Crippen LogP contribution in [0, 0.1) is 5.21 Å². The second-order valence-electron chi connectivity index (χ2n) is 4.53. The lowest BCUT2D eigenvalue weighted by Crippen LogP contribution is -2.28. The number of benzene rings is 1. The first kappa shape index (κ1) is 18.1. The van der Waals surface area contributed by atoms with Gasteiger partial charge < -0.3 is 10.5 Å². The number of hydrogen-bond donors (Lipinski definition) is 1. The number of anilines is 1. The molecule has 0 fully saturated rings. The zero-order valence-corrected chi connectivity index (χ0v) is 13.7. The number of carbonyl (C=O) groups is 1. The Bertz CT molecular complexity index is 827. The molecule has 0 aliphatic heterocycles. The lowest BCUT2D eigenvalue weighted by atomic mass is 10.3. The van der Waals surface area contributed by atoms with Crippen molar-refractivity contribution >= 4 is 33.2 Å². The summed E-state index contributed by atoms with van der Waals surface area (Å²) in [6, 6.07) is 9.21. The van der Waals surface area contributed by atoms with Crippen molar-refractivity contribution in [2.24, 2.45) is 0 Å². The number of sulfone groups is 1. The van der Waals surface area contributed by atoms with E-state index in [2.05, 4.69) is 5.32 Å². The number of carbonyl (C=O) groups excluding carboxylic acids is 1. The summed E-state index contributed by atoms with van der Waals surface area (Å²) in [6.45, 7) is 0. The molecule has 0 atom stereocenters. The summed E-state index contributed by atoms with van der Waals surface area (Å²) in [6.07, 6.45) is 1.31. The van der Waals surface area contributed by atoms with Gasteiger partial charge in [-0.25, -0.2) is 8.42 Å². The second kappa shape index (κ2) is 7.58. The predicted molar refractivity (Wildman–Crippen MR) is 84.4 cm³/mol. The molecule has 0 radical (unpaired) electrons. The summed E-state index contributed by atoms with van der Waals surface area (Å²) in [5.41, 5.74) is 0.261. The average molecular weight is 374 g/mol. The van der Waals surface area contributed by atoms with Crippen LogP contribution < -0.4 is 10.0 Å². The fourth-order valence-corrected chi connectivity index (χ4v) is 3.13. The zero-order chi connectivity index (χ0) is 17.7. The number of thioether (sulfide) groups is 1. The van der Waals surface area contributed by atoms with Gasteiger partial charge in [-0.05, 0) is 42.1 Å². The van der Waals surface area contributed by atoms with E-state index in [4.69, 9.17) is 0 Å². The lowest BCUT2D eigenvalue weighted by molar-refractivity contribution is -0.645. The van der Waals surface area contributed by atoms with Crippen LogP contribution in [0.5, 0.6) is 0 Å². The van der Waals surface area contributed by atoms with Crippen LogP contribution in [0.3, 0.4) is 0 Å². The summed E-state index contributed by atoms with van der Waals surface area (Å²) < 4.78 is 48.0. The number of rotatable bonds is 6. The first-order valence-electron chi connectivity index (χ1n) is 6.53. The molecule has 10 heteroatoms. The third kappa shape index (κ3) is 4.42. The molecule has 24 heavy (non-hydrogen) atoms. The maximum absolute atomic E-state index is 12.4. The quantitative estimate of drug-likeness (QED) is 0.475. The summed E-state index contributed by atoms with van der Waals surface area (Å²) in [7, 11) is -4.66. The van der Waals surface area contributed by atoms with E-state index in [9.17, 15) is 27.2 Å². The summed E-state index contributed by atoms with van der Waals surface area (Å²) in [5, 5.41) is 14.3. The van der Waals surface area contributed by atoms with Gasteiger partial charge >= 0.3 is 5.76 Å². The zero-order valence-electron chi connectivity index (χ0n) is 12.1. The van der Waals surface area contributed by atoms with Crippen molar-refractivity contribution in [3.63, 3.8) is 0 Å². The van der Waals surface area contributed by atoms with Crippen molar-refractivity contribution in [2.45, 2.75) is 15.7 Å². The van der Waals surface area contributed by atoms with E-state index in [1.807, 2.05) is 0 Å². The highest BCUT2D eigenvalue weighted by molar-refractivity contribution is 7.99. The van der Waals surface area contributed by atoms with Gasteiger partial charge in [0.15, 0.2) is 6.20 Å². The third-order valence-corrected chi connectivity index (χ3v) is 5.26. The number of nitrogens with one attached hydrogen (secondary N) is 1. The number of alkyl halides is 2. The van der Waals surface area contributed by atoms with Crippen LogP contribution in [0.1, 0.15) is 0 Å². The van der Waals surface area contributed by atoms with Crippen LogP contribution in [0.2, 0.25) is 0 Å². The normalized spacial score (nSPS) is 11.5. The van der Waals surface area contributed by atoms with E-state index in [0.29, 0.717) is 9.76 Å². The first-order valence-corrected chi connectivity index (χ1v) is 9.07. The maximum atomic E-state index is 12.4. The first-order chi connectivity index (χ1) is 11.3. The molecule has 6 nitrogen and oxygen atoms in total. The van der Waals surface area contributed by atoms with Crippen molar-refractivity contribution in [1.82, 2.24) is 0 Å². The Labute approximate surface area is 141 Å². The Morgan fingerprint density at radius 3 is 2.46 bits per heavy atom. The molecule has 2 rings (SSSR count). The maximum Gasteiger partial charge on any atom is 0.341 e. The molecule has 0 aliphatic rings. The van der Waals surface area contributed by atoms with E-state index < -0.39 is 26.4 Å². The molecule has 1 amide bonds. The van der Waals surface area contributed by atoms with Crippen molar-refractivity contribution in [1.29, 1.82) is 0 Å². The largest absolute Gasteiger partial charge is 0.618 e. The molecule has 0 saturated carbocycles. The van der Waals surface area contributed by atoms with Crippen molar-refractivity contribution in [3.05, 3.63) is 53.9 Å². The molecule has 0 aliphatic carbocycles. The SMILES string of the molecule is O=C(CSc1cccc[n+]1[O-])Nc1ccc(S(=O)(=O)C(F)F)cc1. The molecule has 1 N–H and O–H groups in total. The monoisotopic (exact) mass is 374 g/mol. The van der Waals surface area contributed by atoms with Crippen LogP contribution in [-0.2, 0) is 14.6 Å². The van der Waals surface area contributed by atoms with Crippen LogP contribution in [0.15, 0.2) is 58.6 Å². The van der Waals surface area contributed by atoms with E-state index in [-0.39, 0.29) is 11.4 Å². The van der Waals surface area contributed by atoms with Crippen LogP contribution in [-0.4, -0.2) is 25.8 Å². The van der Waals surface area contributed by atoms with Crippen molar-refractivity contribution in [3.8, 4) is 0 Å². The molecular formula is C14H12F2N2O4S2. The van der Waals surface area contributed by atoms with Crippen LogP contribution in [0.25, 0.3) is 0 Å². The highest BCUT2D eigenvalue weighted by atomic mass is 32.2. The lowest BCUT2D eigenvalue weighted by Gasteiger charge is -2.07. The minimum absolute atomic E-state index is 0.0384. The van der Waals surface area contributed by atoms with Gasteiger partial charge in [0.25, 0.3) is 5.03 Å². The fraction of sp³-hybridized carbons (Fsp3) is 0.143. The Morgan fingerprint density at radius 1 is 1.21 bits per heavy atom. The predicted octanol–water partition coefficient (Wildman–Crippen LogP) is 2.05. The second-order valence-corrected chi connectivity index (χ2v) is 7.44. The number of nitrogens with zero attached hydrogens (tertiary/aromatic N) is 1. The number of pyridine rings is 1. The van der Waals surface area contributed by atoms with E-state index in [1.54, 1.807) is 18.2 Å². The fourth-order valence-electron chi connectivity index (χ4n) is 1.69. The minimum Gasteiger partial charge on any atom is -0.618 e. The summed E-state index contributed by atoms with van der Waals surface area (Å²) in [4.78, 5) is 11.3. The minimum atomic E-state index is -4.66. The van der Waals surface area contributed by atoms with Gasteiger partial charge in [-0.2, -0.15) is 13.5 Å². The van der Waals surface area contributed by atoms with Gasteiger partial charge in [-0.1, -0.05) is 0 Å². The number of halogens is 2. The molecule has 1 heterocycles. The standard InChI is InChI=1S/C14H12F2N2O4S2/c15-14(16)24(21,22)11-6-4-10(5-7-11)17-12(19)9-23-13-3-1-2-8-18(13)20/h1-8,14H,9H2,(H,17,19). The average Bonchev–Trinajstić information content (AvgIpc) is 2.54. The molecule has 128 valence electrons. The van der Waals surface area contributed by atoms with Gasteiger partial charge in [0.05, 0.1) is 10.6 Å². The van der Waals surface area contributed by atoms with E-state index >= 15 is 0 Å². The molecule has 0 spiro atoms. The molecule has 0 saturated heterocycles. The molecule has 2 aromatic rings. The molecule has 1 aromatic heterocycles. The topological polar surface area (TPSA) is 90.2 Å². The van der Waals surface area contributed by atoms with Gasteiger partial charge in [-0.15, -0.1) is 0 Å². The van der Waals surface area contributed by atoms with Crippen LogP contribution >= 0.6 is 11.8 Å². The Balaban J connectivity index is 1.96. The number of hydrogen-bond acceptors (Lipinski definition) is 5. The van der Waals surface area contributed by atoms with Gasteiger partial charge in [0.1, 0.15) is 0 Å². The van der Waals surface area contributed by atoms with Crippen molar-refractivity contribution < 1.29 is 26.7 Å². The highest BCUT2D eigenvalue weighted by Gasteiger charge is 2.26. The Kier molecular flexibility index (Phi) is 5.73. The molecule has 0 unspecified atom stereocenters. The van der Waals surface area contributed by atoms with E-state index in [0.717, 1.165) is 23.9 Å². The third-order valence-electron chi connectivity index (χ3n) is 2.84. The number of amides is 1. The van der Waals surface area contributed by atoms with Gasteiger partial charge in [0, 0.05) is 17.8 Å². The van der Waals surface area contributed by atoms with Crippen LogP contribution in [0.4, 0.5) is 14.5 Å². The number of aromatic nitrogens is 1. The molecule has 0 bridgehead atoms. The molecular weight excluding hydrogens is 362 g/mol.